The summed E-state index contributed by atoms with van der Waals surface area (Å²) < 4.78 is 7.30. The minimum Gasteiger partial charge on any atom is -0.461 e. The van der Waals surface area contributed by atoms with Crippen LogP contribution in [0.5, 0.6) is 0 Å². The van der Waals surface area contributed by atoms with E-state index in [4.69, 9.17) is 17.6 Å². The Kier molecular flexibility index (Phi) is 6.16. The lowest BCUT2D eigenvalue weighted by atomic mass is 10.3. The summed E-state index contributed by atoms with van der Waals surface area (Å²) in [5, 5.41) is 0. The first kappa shape index (κ1) is 18.1. The van der Waals surface area contributed by atoms with Gasteiger partial charge >= 0.3 is 23.0 Å². The van der Waals surface area contributed by atoms with Crippen LogP contribution >= 0.6 is 0 Å². The Hall–Kier alpha value is -3.00. The quantitative estimate of drug-likeness (QED) is 0.484. The number of carbonyl (C=O) groups is 1. The maximum absolute atomic E-state index is 12.3. The molecule has 0 fully saturated rings. The molecule has 122 valence electrons. The molecule has 0 spiro atoms. The maximum atomic E-state index is 12.3. The van der Waals surface area contributed by atoms with Gasteiger partial charge in [0.25, 0.3) is 0 Å². The van der Waals surface area contributed by atoms with Gasteiger partial charge in [-0.25, -0.2) is 28.1 Å². The van der Waals surface area contributed by atoms with Crippen LogP contribution < -0.4 is 17.1 Å². The van der Waals surface area contributed by atoms with Crippen molar-refractivity contribution in [3.05, 3.63) is 31.5 Å². The third kappa shape index (κ3) is 4.01. The van der Waals surface area contributed by atoms with E-state index in [0.29, 0.717) is 6.42 Å². The van der Waals surface area contributed by atoms with Crippen molar-refractivity contribution in [3.63, 3.8) is 0 Å². The normalized spacial score (nSPS) is 11.3. The molecule has 0 saturated heterocycles. The largest absolute Gasteiger partial charge is 0.461 e. The van der Waals surface area contributed by atoms with Crippen LogP contribution in [0.2, 0.25) is 0 Å². The first-order valence-electron chi connectivity index (χ1n) is 6.85. The van der Waals surface area contributed by atoms with Crippen LogP contribution in [0.15, 0.2) is 14.4 Å². The van der Waals surface area contributed by atoms with Gasteiger partial charge in [0.15, 0.2) is 0 Å². The molecular formula is C15H17N3O5. The molecule has 1 unspecified atom stereocenters. The molecule has 1 heterocycles. The van der Waals surface area contributed by atoms with Gasteiger partial charge in [-0.3, -0.25) is 4.79 Å². The Bertz CT molecular complexity index is 790. The fourth-order valence-electron chi connectivity index (χ4n) is 1.98. The predicted molar refractivity (Wildman–Crippen MR) is 82.7 cm³/mol. The van der Waals surface area contributed by atoms with E-state index in [1.54, 1.807) is 6.92 Å². The van der Waals surface area contributed by atoms with Gasteiger partial charge in [0.05, 0.1) is 19.6 Å². The number of hydrogen-bond acceptors (Lipinski definition) is 5. The van der Waals surface area contributed by atoms with Gasteiger partial charge < -0.3 is 4.74 Å². The number of esters is 1. The summed E-state index contributed by atoms with van der Waals surface area (Å²) in [5.74, 6) is 3.82. The van der Waals surface area contributed by atoms with E-state index in [1.165, 1.54) is 6.92 Å². The van der Waals surface area contributed by atoms with Gasteiger partial charge in [-0.15, -0.1) is 12.8 Å². The Labute approximate surface area is 132 Å². The van der Waals surface area contributed by atoms with Crippen molar-refractivity contribution in [1.82, 2.24) is 13.7 Å². The monoisotopic (exact) mass is 319 g/mol. The van der Waals surface area contributed by atoms with Gasteiger partial charge in [-0.2, -0.15) is 0 Å². The van der Waals surface area contributed by atoms with Crippen LogP contribution in [0.1, 0.15) is 20.3 Å². The van der Waals surface area contributed by atoms with Gasteiger partial charge in [0, 0.05) is 6.92 Å². The van der Waals surface area contributed by atoms with Crippen LogP contribution in [0.3, 0.4) is 0 Å². The lowest BCUT2D eigenvalue weighted by Gasteiger charge is -2.17. The number of aromatic nitrogens is 3. The molecule has 8 heteroatoms. The minimum absolute atomic E-state index is 0.191. The standard InChI is InChI=1S/C15H17N3O5/c1-5-8-16-13(20)17(9-6-2)15(22)18(14(16)21)10-12(7-3)23-11(4)19/h1-2,12H,7-10H2,3-4H3. The highest BCUT2D eigenvalue weighted by Gasteiger charge is 2.18. The Balaban J connectivity index is 3.53. The summed E-state index contributed by atoms with van der Waals surface area (Å²) in [5.41, 5.74) is -2.60. The zero-order valence-corrected chi connectivity index (χ0v) is 12.9. The molecule has 1 rings (SSSR count). The average molecular weight is 319 g/mol. The number of terminal acetylenes is 2. The smallest absolute Gasteiger partial charge is 0.338 e. The molecule has 0 bridgehead atoms. The van der Waals surface area contributed by atoms with Crippen molar-refractivity contribution in [2.45, 2.75) is 46.0 Å². The number of carbonyl (C=O) groups excluding carboxylic acids is 1. The van der Waals surface area contributed by atoms with E-state index >= 15 is 0 Å². The number of rotatable bonds is 6. The molecule has 1 aromatic heterocycles. The van der Waals surface area contributed by atoms with Crippen molar-refractivity contribution in [2.75, 3.05) is 0 Å². The summed E-state index contributed by atoms with van der Waals surface area (Å²) >= 11 is 0. The van der Waals surface area contributed by atoms with E-state index < -0.39 is 29.1 Å². The molecule has 0 aromatic carbocycles. The van der Waals surface area contributed by atoms with Crippen LogP contribution in [0.4, 0.5) is 0 Å². The molecule has 8 nitrogen and oxygen atoms in total. The lowest BCUT2D eigenvalue weighted by molar-refractivity contribution is -0.147. The van der Waals surface area contributed by atoms with E-state index in [2.05, 4.69) is 11.8 Å². The number of nitrogens with zero attached hydrogens (tertiary/aromatic N) is 3. The molecule has 0 radical (unpaired) electrons. The third-order valence-electron chi connectivity index (χ3n) is 3.06. The van der Waals surface area contributed by atoms with Crippen molar-refractivity contribution >= 4 is 5.97 Å². The molecule has 0 aliphatic rings. The highest BCUT2D eigenvalue weighted by molar-refractivity contribution is 5.66. The minimum atomic E-state index is -0.868. The second-order valence-electron chi connectivity index (χ2n) is 4.68. The summed E-state index contributed by atoms with van der Waals surface area (Å²) in [6, 6.07) is 0. The molecule has 23 heavy (non-hydrogen) atoms. The van der Waals surface area contributed by atoms with E-state index in [-0.39, 0.29) is 19.6 Å². The number of hydrogen-bond donors (Lipinski definition) is 0. The van der Waals surface area contributed by atoms with E-state index in [0.717, 1.165) is 13.7 Å². The summed E-state index contributed by atoms with van der Waals surface area (Å²) in [4.78, 5) is 47.8. The van der Waals surface area contributed by atoms with Crippen LogP contribution in [-0.4, -0.2) is 25.8 Å². The molecule has 0 amide bonds. The van der Waals surface area contributed by atoms with Crippen LogP contribution in [0.25, 0.3) is 0 Å². The molecule has 1 aromatic rings. The topological polar surface area (TPSA) is 92.3 Å². The highest BCUT2D eigenvalue weighted by Crippen LogP contribution is 2.00. The zero-order valence-electron chi connectivity index (χ0n) is 12.9. The van der Waals surface area contributed by atoms with Gasteiger partial charge in [-0.1, -0.05) is 18.8 Å². The van der Waals surface area contributed by atoms with Crippen LogP contribution in [0, 0.1) is 24.7 Å². The van der Waals surface area contributed by atoms with Crippen molar-refractivity contribution < 1.29 is 9.53 Å². The van der Waals surface area contributed by atoms with Gasteiger partial charge in [0.2, 0.25) is 0 Å². The van der Waals surface area contributed by atoms with Crippen LogP contribution in [-0.2, 0) is 29.2 Å². The third-order valence-corrected chi connectivity index (χ3v) is 3.06. The van der Waals surface area contributed by atoms with Crippen molar-refractivity contribution in [2.24, 2.45) is 0 Å². The predicted octanol–water partition coefficient (Wildman–Crippen LogP) is -1.22. The zero-order chi connectivity index (χ0) is 17.6. The second-order valence-corrected chi connectivity index (χ2v) is 4.68. The molecule has 0 N–H and O–H groups in total. The molecule has 0 aliphatic carbocycles. The molecule has 0 saturated carbocycles. The summed E-state index contributed by atoms with van der Waals surface area (Å²) in [7, 11) is 0. The molecule has 0 aliphatic heterocycles. The van der Waals surface area contributed by atoms with Crippen molar-refractivity contribution in [3.8, 4) is 24.7 Å². The SMILES string of the molecule is C#CCn1c(=O)n(CC#C)c(=O)n(CC(CC)OC(C)=O)c1=O. The Morgan fingerprint density at radius 1 is 1.04 bits per heavy atom. The summed E-state index contributed by atoms with van der Waals surface area (Å²) in [6.45, 7) is 2.17. The van der Waals surface area contributed by atoms with Crippen molar-refractivity contribution in [1.29, 1.82) is 0 Å². The fraction of sp³-hybridized carbons (Fsp3) is 0.467. The average Bonchev–Trinajstić information content (AvgIpc) is 2.50. The molecule has 1 atom stereocenters. The number of ether oxygens (including phenoxy) is 1. The van der Waals surface area contributed by atoms with Gasteiger partial charge in [-0.05, 0) is 6.42 Å². The highest BCUT2D eigenvalue weighted by atomic mass is 16.5. The Morgan fingerprint density at radius 3 is 1.83 bits per heavy atom. The Morgan fingerprint density at radius 2 is 1.48 bits per heavy atom. The fourth-order valence-corrected chi connectivity index (χ4v) is 1.98. The second kappa shape index (κ2) is 7.85. The lowest BCUT2D eigenvalue weighted by Crippen LogP contribution is -2.55. The first-order valence-corrected chi connectivity index (χ1v) is 6.85. The van der Waals surface area contributed by atoms with E-state index in [1.807, 2.05) is 0 Å². The maximum Gasteiger partial charge on any atom is 0.338 e. The van der Waals surface area contributed by atoms with E-state index in [9.17, 15) is 19.2 Å². The molecular weight excluding hydrogens is 302 g/mol. The summed E-state index contributed by atoms with van der Waals surface area (Å²) in [6.07, 6.45) is 10.00. The van der Waals surface area contributed by atoms with Gasteiger partial charge in [0.1, 0.15) is 6.10 Å². The first-order chi connectivity index (χ1) is 10.9.